The molecule has 3 aliphatic heterocycles. The fraction of sp³-hybridized carbons (Fsp3) is 0.690. The van der Waals surface area contributed by atoms with Crippen LogP contribution in [-0.4, -0.2) is 75.6 Å². The molecule has 9 atom stereocenters. The van der Waals surface area contributed by atoms with E-state index < -0.39 is 35.6 Å². The Bertz CT molecular complexity index is 1050. The lowest BCUT2D eigenvalue weighted by Gasteiger charge is -2.39. The Balaban J connectivity index is 1.69. The largest absolute Gasteiger partial charge is 0.494 e. The third-order valence-corrected chi connectivity index (χ3v) is 9.51. The van der Waals surface area contributed by atoms with E-state index in [0.717, 1.165) is 19.3 Å². The van der Waals surface area contributed by atoms with Gasteiger partial charge < -0.3 is 30.1 Å². The summed E-state index contributed by atoms with van der Waals surface area (Å²) in [7, 11) is 0. The number of benzene rings is 1. The average Bonchev–Trinajstić information content (AvgIpc) is 3.49. The van der Waals surface area contributed by atoms with E-state index in [4.69, 9.17) is 9.47 Å². The van der Waals surface area contributed by atoms with Crippen LogP contribution in [0.1, 0.15) is 60.3 Å². The number of anilines is 1. The molecule has 10 heteroatoms. The lowest BCUT2D eigenvalue weighted by atomic mass is 9.70. The molecule has 1 aromatic rings. The second-order valence-electron chi connectivity index (χ2n) is 11.2. The molecule has 0 aliphatic carbocycles. The van der Waals surface area contributed by atoms with E-state index >= 15 is 0 Å². The monoisotopic (exact) mass is 607 g/mol. The van der Waals surface area contributed by atoms with Crippen LogP contribution < -0.4 is 15.4 Å². The molecule has 3 heterocycles. The summed E-state index contributed by atoms with van der Waals surface area (Å²) in [6.45, 7) is 10.1. The number of carbonyl (C=O) groups excluding carboxylic acids is 3. The smallest absolute Gasteiger partial charge is 0.246 e. The number of fused-ring (bicyclic) bond motifs is 1. The van der Waals surface area contributed by atoms with Gasteiger partial charge in [0.15, 0.2) is 0 Å². The molecule has 0 aromatic heterocycles. The van der Waals surface area contributed by atoms with Gasteiger partial charge in [0.05, 0.1) is 37.2 Å². The zero-order valence-electron chi connectivity index (χ0n) is 23.5. The van der Waals surface area contributed by atoms with Gasteiger partial charge >= 0.3 is 0 Å². The number of nitrogens with one attached hydrogen (secondary N) is 2. The van der Waals surface area contributed by atoms with Crippen LogP contribution in [0.2, 0.25) is 0 Å². The van der Waals surface area contributed by atoms with E-state index in [1.54, 1.807) is 29.2 Å². The second kappa shape index (κ2) is 12.1. The standard InChI is InChI=1S/C29H42BrN3O6/c1-6-9-17(5)31-27(36)25-29-14-20(30)24(39-29)22(23(29)28(37)33(25)21(15-34)16(4)7-2)26(35)32-18-10-12-19(13-11-18)38-8-3/h10-13,16-17,20-25,34H,6-9,14-15H2,1-5H3,(H,31,36)(H,32,35)/t16-,17?,20?,21-,22+,23-,24+,25?,29?/m0/s1. The van der Waals surface area contributed by atoms with Gasteiger partial charge in [-0.05, 0) is 56.9 Å². The Kier molecular flexibility index (Phi) is 9.28. The maximum absolute atomic E-state index is 14.3. The highest BCUT2D eigenvalue weighted by Gasteiger charge is 2.77. The summed E-state index contributed by atoms with van der Waals surface area (Å²) in [5, 5.41) is 16.5. The van der Waals surface area contributed by atoms with Crippen LogP contribution in [0.4, 0.5) is 5.69 Å². The van der Waals surface area contributed by atoms with Crippen molar-refractivity contribution in [2.75, 3.05) is 18.5 Å². The van der Waals surface area contributed by atoms with Gasteiger partial charge in [-0.15, -0.1) is 0 Å². The van der Waals surface area contributed by atoms with Gasteiger partial charge in [0, 0.05) is 16.6 Å². The number of rotatable bonds is 12. The minimum absolute atomic E-state index is 0.0503. The topological polar surface area (TPSA) is 117 Å². The number of aliphatic hydroxyl groups is 1. The van der Waals surface area contributed by atoms with Gasteiger partial charge in [-0.3, -0.25) is 14.4 Å². The minimum atomic E-state index is -1.16. The molecule has 1 aromatic carbocycles. The lowest BCUT2D eigenvalue weighted by Crippen LogP contribution is -2.60. The van der Waals surface area contributed by atoms with Crippen LogP contribution in [0.3, 0.4) is 0 Å². The molecule has 3 aliphatic rings. The number of ether oxygens (including phenoxy) is 2. The molecule has 4 rings (SSSR count). The van der Waals surface area contributed by atoms with Crippen molar-refractivity contribution in [3.8, 4) is 5.75 Å². The van der Waals surface area contributed by atoms with Gasteiger partial charge in [-0.1, -0.05) is 49.5 Å². The maximum Gasteiger partial charge on any atom is 0.246 e. The first-order valence-electron chi connectivity index (χ1n) is 14.2. The Labute approximate surface area is 239 Å². The van der Waals surface area contributed by atoms with Gasteiger partial charge in [-0.2, -0.15) is 0 Å². The minimum Gasteiger partial charge on any atom is -0.494 e. The quantitative estimate of drug-likeness (QED) is 0.313. The van der Waals surface area contributed by atoms with Crippen LogP contribution >= 0.6 is 15.9 Å². The van der Waals surface area contributed by atoms with Crippen LogP contribution in [0.25, 0.3) is 0 Å². The van der Waals surface area contributed by atoms with Crippen LogP contribution in [0.15, 0.2) is 24.3 Å². The van der Waals surface area contributed by atoms with Crippen molar-refractivity contribution in [1.29, 1.82) is 0 Å². The Hall–Kier alpha value is -2.17. The molecule has 3 N–H and O–H groups in total. The first-order valence-corrected chi connectivity index (χ1v) is 15.1. The molecule has 4 unspecified atom stereocenters. The van der Waals surface area contributed by atoms with Crippen molar-refractivity contribution < 1.29 is 29.0 Å². The predicted molar refractivity (Wildman–Crippen MR) is 152 cm³/mol. The summed E-state index contributed by atoms with van der Waals surface area (Å²) in [6.07, 6.45) is 2.30. The highest BCUT2D eigenvalue weighted by Crippen LogP contribution is 2.60. The molecule has 9 nitrogen and oxygen atoms in total. The van der Waals surface area contributed by atoms with Crippen molar-refractivity contribution in [1.82, 2.24) is 10.2 Å². The number of aliphatic hydroxyl groups excluding tert-OH is 1. The third-order valence-electron chi connectivity index (χ3n) is 8.67. The molecular formula is C29H42BrN3O6. The highest BCUT2D eigenvalue weighted by molar-refractivity contribution is 9.09. The predicted octanol–water partition coefficient (Wildman–Crippen LogP) is 3.48. The summed E-state index contributed by atoms with van der Waals surface area (Å²) >= 11 is 3.70. The highest BCUT2D eigenvalue weighted by atomic mass is 79.9. The van der Waals surface area contributed by atoms with E-state index in [1.165, 1.54) is 0 Å². The van der Waals surface area contributed by atoms with E-state index in [1.807, 2.05) is 27.7 Å². The van der Waals surface area contributed by atoms with Crippen molar-refractivity contribution in [3.63, 3.8) is 0 Å². The normalized spacial score (nSPS) is 31.5. The number of hydrogen-bond acceptors (Lipinski definition) is 6. The van der Waals surface area contributed by atoms with E-state index in [2.05, 4.69) is 33.5 Å². The maximum atomic E-state index is 14.3. The summed E-state index contributed by atoms with van der Waals surface area (Å²) in [5.41, 5.74) is -0.572. The zero-order valence-corrected chi connectivity index (χ0v) is 25.1. The summed E-state index contributed by atoms with van der Waals surface area (Å²) < 4.78 is 12.1. The molecule has 216 valence electrons. The molecule has 3 saturated heterocycles. The molecule has 39 heavy (non-hydrogen) atoms. The van der Waals surface area contributed by atoms with Crippen molar-refractivity contribution in [2.45, 2.75) is 95.0 Å². The summed E-state index contributed by atoms with van der Waals surface area (Å²) in [4.78, 5) is 43.3. The molecule has 0 saturated carbocycles. The average molecular weight is 609 g/mol. The third kappa shape index (κ3) is 5.32. The Morgan fingerprint density at radius 1 is 1.21 bits per heavy atom. The Morgan fingerprint density at radius 2 is 1.90 bits per heavy atom. The molecule has 3 amide bonds. The van der Waals surface area contributed by atoms with Crippen molar-refractivity contribution >= 4 is 39.3 Å². The molecule has 0 radical (unpaired) electrons. The van der Waals surface area contributed by atoms with Gasteiger partial charge in [0.1, 0.15) is 17.4 Å². The second-order valence-corrected chi connectivity index (χ2v) is 12.4. The first kappa shape index (κ1) is 29.8. The lowest BCUT2D eigenvalue weighted by molar-refractivity contribution is -0.146. The molecule has 3 fully saturated rings. The number of hydrogen-bond donors (Lipinski definition) is 3. The number of alkyl halides is 1. The van der Waals surface area contributed by atoms with E-state index in [0.29, 0.717) is 24.5 Å². The number of carbonyl (C=O) groups is 3. The summed E-state index contributed by atoms with van der Waals surface area (Å²) in [6, 6.07) is 5.50. The molecular weight excluding hydrogens is 566 g/mol. The molecule has 2 bridgehead atoms. The van der Waals surface area contributed by atoms with Crippen molar-refractivity contribution in [3.05, 3.63) is 24.3 Å². The van der Waals surface area contributed by atoms with Gasteiger partial charge in [-0.25, -0.2) is 0 Å². The number of amides is 3. The fourth-order valence-corrected chi connectivity index (χ4v) is 7.63. The van der Waals surface area contributed by atoms with Crippen LogP contribution in [0.5, 0.6) is 5.75 Å². The summed E-state index contributed by atoms with van der Waals surface area (Å²) in [5.74, 6) is -1.87. The Morgan fingerprint density at radius 3 is 2.49 bits per heavy atom. The number of likely N-dealkylation sites (tertiary alicyclic amines) is 1. The fourth-order valence-electron chi connectivity index (χ4n) is 6.69. The van der Waals surface area contributed by atoms with E-state index in [9.17, 15) is 19.5 Å². The number of nitrogens with zero attached hydrogens (tertiary/aromatic N) is 1. The number of halogens is 1. The van der Waals surface area contributed by atoms with Crippen LogP contribution in [-0.2, 0) is 19.1 Å². The van der Waals surface area contributed by atoms with Gasteiger partial charge in [0.25, 0.3) is 0 Å². The SMILES string of the molecule is CCCC(C)NC(=O)C1N([C@@H](CO)[C@@H](C)CC)C(=O)[C@@H]2[C@@H](C(=O)Nc3ccc(OCC)cc3)[C@@H]3OC12CC3Br. The van der Waals surface area contributed by atoms with Crippen LogP contribution in [0, 0.1) is 17.8 Å². The zero-order chi connectivity index (χ0) is 28.5. The first-order chi connectivity index (χ1) is 18.6. The molecule has 1 spiro atoms. The van der Waals surface area contributed by atoms with E-state index in [-0.39, 0.29) is 41.1 Å². The van der Waals surface area contributed by atoms with Gasteiger partial charge in [0.2, 0.25) is 17.7 Å². The van der Waals surface area contributed by atoms with Crippen molar-refractivity contribution in [2.24, 2.45) is 17.8 Å².